The summed E-state index contributed by atoms with van der Waals surface area (Å²) in [6.45, 7) is 5.20. The van der Waals surface area contributed by atoms with Crippen LogP contribution in [0.3, 0.4) is 0 Å². The number of hydrogen-bond acceptors (Lipinski definition) is 6. The van der Waals surface area contributed by atoms with Crippen LogP contribution in [0.2, 0.25) is 10.0 Å². The fourth-order valence-corrected chi connectivity index (χ4v) is 4.90. The smallest absolute Gasteiger partial charge is 0.258 e. The second-order valence-electron chi connectivity index (χ2n) is 9.94. The standard InChI is InChI=1S/C29H32Cl2N4O4/c1-18-14-35(19(2)17-36)29(38)22-5-4-6-25(33-28(37)21-9-11-32-12-10-21)27(22)39-26(18)16-34(3)15-20-7-8-23(30)24(31)13-20/h4-13,18-19,26,36H,14-17H2,1-3H3,(H,33,37)/t18-,19+,26+/m0/s1. The number of aliphatic hydroxyl groups is 1. The second-order valence-corrected chi connectivity index (χ2v) is 10.8. The highest BCUT2D eigenvalue weighted by atomic mass is 35.5. The molecule has 0 saturated heterocycles. The molecular formula is C29H32Cl2N4O4. The number of nitrogens with one attached hydrogen (secondary N) is 1. The topological polar surface area (TPSA) is 95.0 Å². The summed E-state index contributed by atoms with van der Waals surface area (Å²) in [7, 11) is 1.98. The van der Waals surface area contributed by atoms with Gasteiger partial charge in [0.1, 0.15) is 6.10 Å². The number of halogens is 2. The lowest BCUT2D eigenvalue weighted by Crippen LogP contribution is -2.49. The van der Waals surface area contributed by atoms with Crippen molar-refractivity contribution in [3.63, 3.8) is 0 Å². The van der Waals surface area contributed by atoms with E-state index < -0.39 is 6.04 Å². The average molecular weight is 572 g/mol. The highest BCUT2D eigenvalue weighted by molar-refractivity contribution is 6.42. The molecular weight excluding hydrogens is 539 g/mol. The number of aromatic nitrogens is 1. The second kappa shape index (κ2) is 12.8. The molecule has 2 amide bonds. The van der Waals surface area contributed by atoms with Crippen molar-refractivity contribution in [2.75, 3.05) is 32.1 Å². The molecule has 0 radical (unpaired) electrons. The first-order chi connectivity index (χ1) is 18.7. The number of aliphatic hydroxyl groups excluding tert-OH is 1. The molecule has 3 atom stereocenters. The lowest BCUT2D eigenvalue weighted by molar-refractivity contribution is 0.0343. The van der Waals surface area contributed by atoms with Crippen LogP contribution in [-0.2, 0) is 6.54 Å². The van der Waals surface area contributed by atoms with Crippen molar-refractivity contribution < 1.29 is 19.4 Å². The monoisotopic (exact) mass is 570 g/mol. The Labute approximate surface area is 238 Å². The molecule has 2 N–H and O–H groups in total. The molecule has 1 aromatic heterocycles. The Morgan fingerprint density at radius 2 is 1.95 bits per heavy atom. The van der Waals surface area contributed by atoms with E-state index in [1.54, 1.807) is 53.7 Å². The number of amides is 2. The molecule has 0 unspecified atom stereocenters. The van der Waals surface area contributed by atoms with E-state index >= 15 is 0 Å². The highest BCUT2D eigenvalue weighted by Gasteiger charge is 2.34. The summed E-state index contributed by atoms with van der Waals surface area (Å²) < 4.78 is 6.57. The van der Waals surface area contributed by atoms with E-state index in [1.165, 1.54) is 0 Å². The number of pyridine rings is 1. The normalized spacial score (nSPS) is 18.1. The molecule has 206 valence electrons. The van der Waals surface area contributed by atoms with Gasteiger partial charge in [0.2, 0.25) is 0 Å². The summed E-state index contributed by atoms with van der Waals surface area (Å²) in [5.74, 6) is -0.386. The molecule has 4 rings (SSSR count). The number of nitrogens with zero attached hydrogens (tertiary/aromatic N) is 3. The zero-order chi connectivity index (χ0) is 28.1. The maximum atomic E-state index is 13.7. The largest absolute Gasteiger partial charge is 0.486 e. The Balaban J connectivity index is 1.66. The fourth-order valence-electron chi connectivity index (χ4n) is 4.58. The van der Waals surface area contributed by atoms with Gasteiger partial charge < -0.3 is 20.1 Å². The summed E-state index contributed by atoms with van der Waals surface area (Å²) in [5, 5.41) is 13.8. The van der Waals surface area contributed by atoms with Crippen LogP contribution in [0.4, 0.5) is 5.69 Å². The van der Waals surface area contributed by atoms with Gasteiger partial charge in [-0.1, -0.05) is 42.3 Å². The van der Waals surface area contributed by atoms with Gasteiger partial charge in [-0.2, -0.15) is 0 Å². The summed E-state index contributed by atoms with van der Waals surface area (Å²) in [6.07, 6.45) is 2.75. The first kappa shape index (κ1) is 28.8. The Hall–Kier alpha value is -3.17. The summed E-state index contributed by atoms with van der Waals surface area (Å²) in [5.41, 5.74) is 2.15. The van der Waals surface area contributed by atoms with Gasteiger partial charge in [-0.25, -0.2) is 0 Å². The van der Waals surface area contributed by atoms with Crippen LogP contribution in [0.5, 0.6) is 5.75 Å². The van der Waals surface area contributed by atoms with Crippen LogP contribution in [-0.4, -0.2) is 70.6 Å². The number of rotatable bonds is 8. The van der Waals surface area contributed by atoms with Crippen molar-refractivity contribution in [2.24, 2.45) is 5.92 Å². The first-order valence-electron chi connectivity index (χ1n) is 12.7. The molecule has 0 bridgehead atoms. The van der Waals surface area contributed by atoms with Crippen molar-refractivity contribution in [1.29, 1.82) is 0 Å². The van der Waals surface area contributed by atoms with E-state index in [0.29, 0.717) is 52.2 Å². The van der Waals surface area contributed by atoms with Crippen LogP contribution in [0.25, 0.3) is 0 Å². The van der Waals surface area contributed by atoms with Gasteiger partial charge in [0.15, 0.2) is 5.75 Å². The minimum atomic E-state index is -0.393. The van der Waals surface area contributed by atoms with Crippen LogP contribution < -0.4 is 10.1 Å². The highest BCUT2D eigenvalue weighted by Crippen LogP contribution is 2.35. The third-order valence-corrected chi connectivity index (χ3v) is 7.55. The molecule has 10 heteroatoms. The molecule has 2 aromatic carbocycles. The van der Waals surface area contributed by atoms with Gasteiger partial charge in [0.05, 0.1) is 33.9 Å². The molecule has 0 aliphatic carbocycles. The van der Waals surface area contributed by atoms with Gasteiger partial charge in [-0.15, -0.1) is 0 Å². The Morgan fingerprint density at radius 3 is 2.64 bits per heavy atom. The molecule has 3 aromatic rings. The van der Waals surface area contributed by atoms with Crippen molar-refractivity contribution in [3.05, 3.63) is 87.7 Å². The number of carbonyl (C=O) groups is 2. The molecule has 39 heavy (non-hydrogen) atoms. The number of para-hydroxylation sites is 1. The molecule has 2 heterocycles. The summed E-state index contributed by atoms with van der Waals surface area (Å²) in [4.78, 5) is 34.4. The van der Waals surface area contributed by atoms with Crippen LogP contribution in [0.15, 0.2) is 60.9 Å². The summed E-state index contributed by atoms with van der Waals surface area (Å²) in [6, 6.07) is 13.5. The number of carbonyl (C=O) groups excluding carboxylic acids is 2. The van der Waals surface area contributed by atoms with E-state index in [2.05, 4.69) is 15.2 Å². The van der Waals surface area contributed by atoms with Crippen LogP contribution in [0.1, 0.15) is 40.1 Å². The average Bonchev–Trinajstić information content (AvgIpc) is 2.93. The molecule has 0 saturated carbocycles. The Kier molecular flexibility index (Phi) is 9.45. The molecule has 0 spiro atoms. The molecule has 8 nitrogen and oxygen atoms in total. The fraction of sp³-hybridized carbons (Fsp3) is 0.345. The maximum absolute atomic E-state index is 13.7. The first-order valence-corrected chi connectivity index (χ1v) is 13.5. The minimum absolute atomic E-state index is 0.0867. The molecule has 0 fully saturated rings. The lowest BCUT2D eigenvalue weighted by atomic mass is 9.98. The van der Waals surface area contributed by atoms with Gasteiger partial charge >= 0.3 is 0 Å². The third kappa shape index (κ3) is 6.89. The third-order valence-electron chi connectivity index (χ3n) is 6.81. The van der Waals surface area contributed by atoms with E-state index in [1.807, 2.05) is 33.0 Å². The Morgan fingerprint density at radius 1 is 1.21 bits per heavy atom. The number of likely N-dealkylation sites (N-methyl/N-ethyl adjacent to an activating group) is 1. The van der Waals surface area contributed by atoms with Crippen LogP contribution >= 0.6 is 23.2 Å². The maximum Gasteiger partial charge on any atom is 0.258 e. The van der Waals surface area contributed by atoms with Gasteiger partial charge in [-0.3, -0.25) is 19.5 Å². The zero-order valence-corrected chi connectivity index (χ0v) is 23.6. The number of fused-ring (bicyclic) bond motifs is 1. The van der Waals surface area contributed by atoms with E-state index in [4.69, 9.17) is 27.9 Å². The van der Waals surface area contributed by atoms with Gasteiger partial charge in [0.25, 0.3) is 11.8 Å². The predicted molar refractivity (Wildman–Crippen MR) is 153 cm³/mol. The number of anilines is 1. The SMILES string of the molecule is C[C@H](CO)N1C[C@H](C)[C@@H](CN(C)Cc2ccc(Cl)c(Cl)c2)Oc2c(NC(=O)c3ccncc3)cccc2C1=O. The van der Waals surface area contributed by atoms with Crippen molar-refractivity contribution in [3.8, 4) is 5.75 Å². The van der Waals surface area contributed by atoms with E-state index in [-0.39, 0.29) is 30.4 Å². The quantitative estimate of drug-likeness (QED) is 0.396. The summed E-state index contributed by atoms with van der Waals surface area (Å²) >= 11 is 12.3. The lowest BCUT2D eigenvalue weighted by Gasteiger charge is -2.38. The number of hydrogen-bond donors (Lipinski definition) is 2. The van der Waals surface area contributed by atoms with Crippen molar-refractivity contribution in [2.45, 2.75) is 32.5 Å². The van der Waals surface area contributed by atoms with E-state index in [9.17, 15) is 14.7 Å². The van der Waals surface area contributed by atoms with Crippen LogP contribution in [0, 0.1) is 5.92 Å². The van der Waals surface area contributed by atoms with Crippen molar-refractivity contribution in [1.82, 2.24) is 14.8 Å². The van der Waals surface area contributed by atoms with E-state index in [0.717, 1.165) is 5.56 Å². The predicted octanol–water partition coefficient (Wildman–Crippen LogP) is 4.99. The van der Waals surface area contributed by atoms with Crippen molar-refractivity contribution >= 4 is 40.7 Å². The molecule has 1 aliphatic rings. The Bertz CT molecular complexity index is 1320. The van der Waals surface area contributed by atoms with Gasteiger partial charge in [-0.05, 0) is 55.9 Å². The number of benzene rings is 2. The zero-order valence-electron chi connectivity index (χ0n) is 22.1. The van der Waals surface area contributed by atoms with Gasteiger partial charge in [0, 0.05) is 43.5 Å². The molecule has 1 aliphatic heterocycles. The number of ether oxygens (including phenoxy) is 1. The minimum Gasteiger partial charge on any atom is -0.486 e.